The number of aliphatic hydroxyl groups excluding tert-OH is 1. The molecule has 0 amide bonds. The monoisotopic (exact) mass is 753 g/mol. The summed E-state index contributed by atoms with van der Waals surface area (Å²) in [5.41, 5.74) is 5.40. The van der Waals surface area contributed by atoms with Crippen molar-refractivity contribution < 1.29 is 34.4 Å². The van der Waals surface area contributed by atoms with Gasteiger partial charge in [-0.15, -0.1) is 35.4 Å². The molecule has 6 heteroatoms. The molecule has 0 aliphatic heterocycles. The van der Waals surface area contributed by atoms with Crippen LogP contribution >= 0.6 is 11.5 Å². The van der Waals surface area contributed by atoms with E-state index in [1.54, 1.807) is 0 Å². The van der Waals surface area contributed by atoms with E-state index in [1.165, 1.54) is 27.7 Å². The Kier molecular flexibility index (Phi) is 9.22. The van der Waals surface area contributed by atoms with Gasteiger partial charge in [0.15, 0.2) is 5.78 Å². The third kappa shape index (κ3) is 6.73. The zero-order valence-electron chi connectivity index (χ0n) is 24.6. The SMILES string of the molecule is CC(C)(C)C(=O)/C=C(\O)C(C)(C)C.[Ir].[c-]1ccc(-c2ccc3oc4ccccc4c3c2)cc1-c1nsc2ccccc12. The number of aromatic nitrogens is 1. The van der Waals surface area contributed by atoms with Crippen LogP contribution in [-0.4, -0.2) is 15.3 Å². The molecule has 1 N–H and O–H groups in total. The Balaban J connectivity index is 0.000000249. The summed E-state index contributed by atoms with van der Waals surface area (Å²) in [7, 11) is 0. The van der Waals surface area contributed by atoms with Crippen molar-refractivity contribution in [2.24, 2.45) is 10.8 Å². The molecule has 1 radical (unpaired) electrons. The number of rotatable bonds is 3. The first-order valence-corrected chi connectivity index (χ1v) is 14.4. The summed E-state index contributed by atoms with van der Waals surface area (Å²) in [6.45, 7) is 11.1. The van der Waals surface area contributed by atoms with E-state index in [0.29, 0.717) is 0 Å². The van der Waals surface area contributed by atoms with E-state index in [4.69, 9.17) is 4.42 Å². The number of aliphatic hydroxyl groups is 1. The van der Waals surface area contributed by atoms with Crippen LogP contribution in [0.15, 0.2) is 101 Å². The molecule has 0 unspecified atom stereocenters. The molecule has 6 aromatic rings. The first-order valence-electron chi connectivity index (χ1n) is 13.7. The van der Waals surface area contributed by atoms with Gasteiger partial charge < -0.3 is 9.52 Å². The fraction of sp³-hybridized carbons (Fsp3) is 0.222. The van der Waals surface area contributed by atoms with E-state index in [9.17, 15) is 9.90 Å². The fourth-order valence-electron chi connectivity index (χ4n) is 4.33. The van der Waals surface area contributed by atoms with Crippen LogP contribution in [0.5, 0.6) is 0 Å². The van der Waals surface area contributed by atoms with Gasteiger partial charge in [-0.2, -0.15) is 0 Å². The van der Waals surface area contributed by atoms with Gasteiger partial charge >= 0.3 is 0 Å². The summed E-state index contributed by atoms with van der Waals surface area (Å²) in [5, 5.41) is 13.0. The van der Waals surface area contributed by atoms with Gasteiger partial charge in [-0.1, -0.05) is 84.0 Å². The third-order valence-electron chi connectivity index (χ3n) is 6.92. The van der Waals surface area contributed by atoms with Gasteiger partial charge in [-0.05, 0) is 46.7 Å². The third-order valence-corrected chi connectivity index (χ3v) is 7.75. The maximum atomic E-state index is 11.5. The van der Waals surface area contributed by atoms with E-state index in [2.05, 4.69) is 71.1 Å². The molecule has 0 saturated carbocycles. The molecule has 6 rings (SSSR count). The van der Waals surface area contributed by atoms with Gasteiger partial charge in [0, 0.05) is 58.2 Å². The van der Waals surface area contributed by atoms with Crippen LogP contribution in [0.3, 0.4) is 0 Å². The molecule has 0 fully saturated rings. The van der Waals surface area contributed by atoms with Gasteiger partial charge in [0.2, 0.25) is 0 Å². The number of hydrogen-bond donors (Lipinski definition) is 1. The van der Waals surface area contributed by atoms with E-state index < -0.39 is 5.41 Å². The maximum absolute atomic E-state index is 11.5. The van der Waals surface area contributed by atoms with E-state index in [1.807, 2.05) is 65.8 Å². The van der Waals surface area contributed by atoms with Gasteiger partial charge in [-0.25, -0.2) is 4.37 Å². The van der Waals surface area contributed by atoms with Crippen molar-refractivity contribution in [3.8, 4) is 22.4 Å². The maximum Gasteiger partial charge on any atom is 0.164 e. The molecule has 0 aliphatic rings. The van der Waals surface area contributed by atoms with Crippen molar-refractivity contribution in [2.45, 2.75) is 41.5 Å². The number of carbonyl (C=O) groups is 1. The smallest absolute Gasteiger partial charge is 0.164 e. The van der Waals surface area contributed by atoms with Crippen molar-refractivity contribution in [1.82, 2.24) is 4.37 Å². The van der Waals surface area contributed by atoms with Crippen molar-refractivity contribution in [3.63, 3.8) is 0 Å². The molecule has 0 saturated heterocycles. The Hall–Kier alpha value is -3.57. The molecule has 0 bridgehead atoms. The zero-order valence-corrected chi connectivity index (χ0v) is 27.8. The molecule has 0 spiro atoms. The number of allylic oxidation sites excluding steroid dienone is 2. The van der Waals surface area contributed by atoms with Crippen LogP contribution in [0.1, 0.15) is 41.5 Å². The van der Waals surface area contributed by atoms with Gasteiger partial charge in [-0.3, -0.25) is 4.79 Å². The van der Waals surface area contributed by atoms with E-state index in [-0.39, 0.29) is 37.1 Å². The van der Waals surface area contributed by atoms with Gasteiger partial charge in [0.05, 0.1) is 0 Å². The Morgan fingerprint density at radius 1 is 0.810 bits per heavy atom. The number of hydrogen-bond acceptors (Lipinski definition) is 5. The Morgan fingerprint density at radius 2 is 1.45 bits per heavy atom. The number of para-hydroxylation sites is 1. The van der Waals surface area contributed by atoms with Gasteiger partial charge in [0.25, 0.3) is 0 Å². The summed E-state index contributed by atoms with van der Waals surface area (Å²) < 4.78 is 11.8. The van der Waals surface area contributed by atoms with Gasteiger partial charge in [0.1, 0.15) is 16.9 Å². The van der Waals surface area contributed by atoms with E-state index in [0.717, 1.165) is 44.3 Å². The molecule has 42 heavy (non-hydrogen) atoms. The molecular formula is C36H34IrNO3S-. The van der Waals surface area contributed by atoms with Crippen LogP contribution in [0, 0.1) is 16.9 Å². The number of carbonyl (C=O) groups excluding carboxylic acids is 1. The van der Waals surface area contributed by atoms with Crippen LogP contribution in [-0.2, 0) is 24.9 Å². The van der Waals surface area contributed by atoms with E-state index >= 15 is 0 Å². The first-order chi connectivity index (χ1) is 19.4. The average Bonchev–Trinajstić information content (AvgIpc) is 3.54. The van der Waals surface area contributed by atoms with Crippen LogP contribution in [0.25, 0.3) is 54.4 Å². The number of fused-ring (bicyclic) bond motifs is 4. The summed E-state index contributed by atoms with van der Waals surface area (Å²) in [5.74, 6) is 0.104. The van der Waals surface area contributed by atoms with Crippen LogP contribution in [0.2, 0.25) is 0 Å². The Bertz CT molecular complexity index is 1900. The molecule has 0 aliphatic carbocycles. The topological polar surface area (TPSA) is 63.3 Å². The largest absolute Gasteiger partial charge is 0.512 e. The second kappa shape index (κ2) is 12.3. The molecule has 2 heterocycles. The number of benzene rings is 4. The van der Waals surface area contributed by atoms with Crippen molar-refractivity contribution in [3.05, 3.63) is 103 Å². The van der Waals surface area contributed by atoms with Crippen LogP contribution < -0.4 is 0 Å². The fourth-order valence-corrected chi connectivity index (χ4v) is 5.11. The predicted octanol–water partition coefficient (Wildman–Crippen LogP) is 10.4. The number of ketones is 1. The minimum absolute atomic E-state index is 0. The minimum atomic E-state index is -0.417. The Morgan fingerprint density at radius 3 is 2.17 bits per heavy atom. The number of nitrogens with zero attached hydrogens (tertiary/aromatic N) is 1. The second-order valence-electron chi connectivity index (χ2n) is 12.2. The summed E-state index contributed by atoms with van der Waals surface area (Å²) >= 11 is 1.53. The van der Waals surface area contributed by atoms with Crippen LogP contribution in [0.4, 0.5) is 0 Å². The van der Waals surface area contributed by atoms with Crippen molar-refractivity contribution >= 4 is 49.3 Å². The standard InChI is InChI=1S/C25H14NOS.C11H20O2.Ir/c1-3-10-22-19(8-1)21-15-17(12-13-23(21)27-22)16-6-5-7-18(14-16)25-20-9-2-4-11-24(20)28-26-25;1-10(2,3)8(12)7-9(13)11(4,5)6;/h1-6,8-15H;7,12H,1-6H3;/q-1;;/b;8-7-;. The summed E-state index contributed by atoms with van der Waals surface area (Å²) in [6, 6.07) is 32.5. The number of furan rings is 1. The molecule has 4 nitrogen and oxygen atoms in total. The normalized spacial score (nSPS) is 12.2. The Labute approximate surface area is 264 Å². The zero-order chi connectivity index (χ0) is 29.4. The minimum Gasteiger partial charge on any atom is -0.512 e. The predicted molar refractivity (Wildman–Crippen MR) is 171 cm³/mol. The molecule has 2 aromatic heterocycles. The molecule has 0 atom stereocenters. The molecule has 4 aromatic carbocycles. The van der Waals surface area contributed by atoms with Crippen molar-refractivity contribution in [1.29, 1.82) is 0 Å². The second-order valence-corrected chi connectivity index (χ2v) is 13.0. The summed E-state index contributed by atoms with van der Waals surface area (Å²) in [6.07, 6.45) is 1.33. The molecular weight excluding hydrogens is 719 g/mol. The molecule has 217 valence electrons. The quantitative estimate of drug-likeness (QED) is 0.111. The van der Waals surface area contributed by atoms with Crippen molar-refractivity contribution in [2.75, 3.05) is 0 Å². The summed E-state index contributed by atoms with van der Waals surface area (Å²) in [4.78, 5) is 11.5. The average molecular weight is 753 g/mol. The first kappa shape index (κ1) is 31.4.